The van der Waals surface area contributed by atoms with Gasteiger partial charge in [-0.2, -0.15) is 0 Å². The molecule has 0 aliphatic heterocycles. The number of hydrogen-bond acceptors (Lipinski definition) is 4. The molecule has 0 amide bonds. The topological polar surface area (TPSA) is 83.5 Å². The average Bonchev–Trinajstić information content (AvgIpc) is 2.71. The molecular weight excluding hydrogens is 286 g/mol. The fraction of sp³-hybridized carbons (Fsp3) is 0.583. The van der Waals surface area contributed by atoms with Crippen LogP contribution in [0.1, 0.15) is 37.4 Å². The number of carboxylic acid groups (broad SMARTS) is 1. The molecule has 0 unspecified atom stereocenters. The van der Waals surface area contributed by atoms with Crippen molar-refractivity contribution < 1.29 is 18.3 Å². The van der Waals surface area contributed by atoms with Crippen LogP contribution in [0, 0.1) is 10.8 Å². The van der Waals surface area contributed by atoms with E-state index in [9.17, 15) is 13.2 Å². The maximum atomic E-state index is 12.3. The first-order valence-electron chi connectivity index (χ1n) is 5.85. The van der Waals surface area contributed by atoms with E-state index in [4.69, 9.17) is 5.11 Å². The summed E-state index contributed by atoms with van der Waals surface area (Å²) in [5.74, 6) is -1.22. The van der Waals surface area contributed by atoms with Crippen LogP contribution in [0.2, 0.25) is 0 Å². The first kappa shape index (κ1) is 14.5. The lowest BCUT2D eigenvalue weighted by Gasteiger charge is -2.07. The predicted molar refractivity (Wildman–Crippen MR) is 72.9 cm³/mol. The fourth-order valence-electron chi connectivity index (χ4n) is 2.37. The molecule has 0 aromatic carbocycles. The minimum Gasteiger partial charge on any atom is -0.477 e. The zero-order chi connectivity index (χ0) is 14.6. The molecule has 1 heterocycles. The van der Waals surface area contributed by atoms with Crippen molar-refractivity contribution in [3.05, 3.63) is 16.3 Å². The Bertz CT molecular complexity index is 614. The highest BCUT2D eigenvalue weighted by Gasteiger charge is 2.66. The van der Waals surface area contributed by atoms with Crippen LogP contribution < -0.4 is 4.72 Å². The van der Waals surface area contributed by atoms with Gasteiger partial charge in [-0.15, -0.1) is 11.3 Å². The van der Waals surface area contributed by atoms with Gasteiger partial charge >= 0.3 is 5.97 Å². The van der Waals surface area contributed by atoms with E-state index in [0.717, 1.165) is 11.3 Å². The van der Waals surface area contributed by atoms with Crippen molar-refractivity contribution in [1.29, 1.82) is 0 Å². The van der Waals surface area contributed by atoms with Crippen molar-refractivity contribution in [2.45, 2.75) is 38.6 Å². The molecule has 1 fully saturated rings. The Balaban J connectivity index is 2.31. The zero-order valence-electron chi connectivity index (χ0n) is 11.2. The molecule has 2 N–H and O–H groups in total. The third kappa shape index (κ3) is 2.09. The van der Waals surface area contributed by atoms with Crippen LogP contribution in [-0.2, 0) is 10.0 Å². The molecule has 7 heteroatoms. The van der Waals surface area contributed by atoms with Gasteiger partial charge in [-0.1, -0.05) is 27.7 Å². The van der Waals surface area contributed by atoms with Gasteiger partial charge in [0.15, 0.2) is 0 Å². The predicted octanol–water partition coefficient (Wildman–Crippen LogP) is 2.16. The Morgan fingerprint density at radius 3 is 2.26 bits per heavy atom. The SMILES string of the molecule is CC1(C)C(NS(=O)(=O)c2ccsc2C(=O)O)C1(C)C. The van der Waals surface area contributed by atoms with Crippen LogP contribution in [0.25, 0.3) is 0 Å². The molecule has 1 aliphatic carbocycles. The lowest BCUT2D eigenvalue weighted by Crippen LogP contribution is -2.30. The minimum absolute atomic E-state index is 0.139. The van der Waals surface area contributed by atoms with Gasteiger partial charge in [0.25, 0.3) is 0 Å². The van der Waals surface area contributed by atoms with Gasteiger partial charge in [0.2, 0.25) is 10.0 Å². The average molecular weight is 303 g/mol. The third-order valence-electron chi connectivity index (χ3n) is 4.41. The van der Waals surface area contributed by atoms with Gasteiger partial charge in [-0.3, -0.25) is 0 Å². The Hall–Kier alpha value is -0.920. The number of aromatic carboxylic acids is 1. The number of thiophene rings is 1. The highest BCUT2D eigenvalue weighted by Crippen LogP contribution is 2.63. The largest absolute Gasteiger partial charge is 0.477 e. The molecule has 0 atom stereocenters. The summed E-state index contributed by atoms with van der Waals surface area (Å²) in [7, 11) is -3.79. The molecule has 0 bridgehead atoms. The third-order valence-corrected chi connectivity index (χ3v) is 6.90. The summed E-state index contributed by atoms with van der Waals surface area (Å²) in [6.07, 6.45) is 0. The molecule has 0 saturated heterocycles. The quantitative estimate of drug-likeness (QED) is 0.893. The molecule has 0 spiro atoms. The van der Waals surface area contributed by atoms with Gasteiger partial charge in [-0.25, -0.2) is 17.9 Å². The molecule has 1 aliphatic rings. The van der Waals surface area contributed by atoms with Crippen molar-refractivity contribution in [1.82, 2.24) is 4.72 Å². The summed E-state index contributed by atoms with van der Waals surface area (Å²) in [4.78, 5) is 10.7. The Labute approximate surface area is 116 Å². The molecule has 1 aromatic heterocycles. The highest BCUT2D eigenvalue weighted by molar-refractivity contribution is 7.89. The molecule has 19 heavy (non-hydrogen) atoms. The molecule has 1 saturated carbocycles. The molecule has 106 valence electrons. The first-order chi connectivity index (χ1) is 8.52. The van der Waals surface area contributed by atoms with E-state index in [1.54, 1.807) is 0 Å². The van der Waals surface area contributed by atoms with Crippen molar-refractivity contribution >= 4 is 27.3 Å². The Morgan fingerprint density at radius 1 is 1.32 bits per heavy atom. The highest BCUT2D eigenvalue weighted by atomic mass is 32.2. The van der Waals surface area contributed by atoms with Crippen molar-refractivity contribution in [2.75, 3.05) is 0 Å². The molecule has 0 radical (unpaired) electrons. The summed E-state index contributed by atoms with van der Waals surface area (Å²) in [6.45, 7) is 7.97. The smallest absolute Gasteiger partial charge is 0.347 e. The van der Waals surface area contributed by atoms with Crippen LogP contribution in [0.5, 0.6) is 0 Å². The van der Waals surface area contributed by atoms with E-state index < -0.39 is 16.0 Å². The van der Waals surface area contributed by atoms with Crippen molar-refractivity contribution in [2.24, 2.45) is 10.8 Å². The molecule has 5 nitrogen and oxygen atoms in total. The number of nitrogens with one attached hydrogen (secondary N) is 1. The second-order valence-corrected chi connectivity index (χ2v) is 8.52. The number of hydrogen-bond donors (Lipinski definition) is 2. The number of carboxylic acids is 1. The van der Waals surface area contributed by atoms with Crippen LogP contribution in [0.3, 0.4) is 0 Å². The number of sulfonamides is 1. The van der Waals surface area contributed by atoms with Crippen LogP contribution in [0.15, 0.2) is 16.3 Å². The summed E-state index contributed by atoms with van der Waals surface area (Å²) < 4.78 is 27.2. The maximum Gasteiger partial charge on any atom is 0.347 e. The second-order valence-electron chi connectivity index (χ2n) is 5.92. The minimum atomic E-state index is -3.79. The lowest BCUT2D eigenvalue weighted by molar-refractivity contribution is 0.0698. The van der Waals surface area contributed by atoms with Crippen molar-refractivity contribution in [3.8, 4) is 0 Å². The maximum absolute atomic E-state index is 12.3. The van der Waals surface area contributed by atoms with E-state index in [-0.39, 0.29) is 26.6 Å². The zero-order valence-corrected chi connectivity index (χ0v) is 12.9. The molecule has 1 aromatic rings. The van der Waals surface area contributed by atoms with Crippen molar-refractivity contribution in [3.63, 3.8) is 0 Å². The number of carbonyl (C=O) groups is 1. The summed E-state index contributed by atoms with van der Waals surface area (Å²) in [6, 6.07) is 1.14. The summed E-state index contributed by atoms with van der Waals surface area (Å²) >= 11 is 0.913. The van der Waals surface area contributed by atoms with Crippen LogP contribution >= 0.6 is 11.3 Å². The van der Waals surface area contributed by atoms with E-state index in [2.05, 4.69) is 4.72 Å². The van der Waals surface area contributed by atoms with E-state index in [1.807, 2.05) is 27.7 Å². The lowest BCUT2D eigenvalue weighted by atomic mass is 10.0. The van der Waals surface area contributed by atoms with Gasteiger partial charge in [0.1, 0.15) is 9.77 Å². The fourth-order valence-corrected chi connectivity index (χ4v) is 5.16. The molecular formula is C12H17NO4S2. The van der Waals surface area contributed by atoms with Gasteiger partial charge in [0, 0.05) is 6.04 Å². The first-order valence-corrected chi connectivity index (χ1v) is 8.21. The van der Waals surface area contributed by atoms with E-state index in [1.165, 1.54) is 11.4 Å². The monoisotopic (exact) mass is 303 g/mol. The second kappa shape index (κ2) is 4.04. The number of rotatable bonds is 4. The Kier molecular flexibility index (Phi) is 3.08. The summed E-state index contributed by atoms with van der Waals surface area (Å²) in [5.41, 5.74) is -0.279. The standard InChI is InChI=1S/C12H17NO4S2/c1-11(2)10(12(11,3)4)13-19(16,17)7-5-6-18-8(7)9(14)15/h5-6,10,13H,1-4H3,(H,14,15). The van der Waals surface area contributed by atoms with Gasteiger partial charge in [0.05, 0.1) is 0 Å². The van der Waals surface area contributed by atoms with Crippen LogP contribution in [-0.4, -0.2) is 25.5 Å². The van der Waals surface area contributed by atoms with E-state index in [0.29, 0.717) is 0 Å². The summed E-state index contributed by atoms with van der Waals surface area (Å²) in [5, 5.41) is 10.5. The Morgan fingerprint density at radius 2 is 1.84 bits per heavy atom. The van der Waals surface area contributed by atoms with Crippen LogP contribution in [0.4, 0.5) is 0 Å². The normalized spacial score (nSPS) is 21.3. The van der Waals surface area contributed by atoms with Gasteiger partial charge in [-0.05, 0) is 22.3 Å². The molecule has 2 rings (SSSR count). The van der Waals surface area contributed by atoms with E-state index >= 15 is 0 Å². The van der Waals surface area contributed by atoms with Gasteiger partial charge < -0.3 is 5.11 Å².